The van der Waals surface area contributed by atoms with Gasteiger partial charge in [0, 0.05) is 26.2 Å². The van der Waals surface area contributed by atoms with Crippen LogP contribution in [0.15, 0.2) is 47.4 Å². The predicted molar refractivity (Wildman–Crippen MR) is 103 cm³/mol. The van der Waals surface area contributed by atoms with Crippen LogP contribution in [0.5, 0.6) is 11.5 Å². The van der Waals surface area contributed by atoms with Crippen molar-refractivity contribution in [2.75, 3.05) is 37.8 Å². The molecule has 0 amide bonds. The van der Waals surface area contributed by atoms with E-state index < -0.39 is 20.2 Å². The van der Waals surface area contributed by atoms with E-state index in [1.165, 1.54) is 52.6 Å². The zero-order valence-electron chi connectivity index (χ0n) is 15.3. The van der Waals surface area contributed by atoms with Gasteiger partial charge < -0.3 is 9.47 Å². The first kappa shape index (κ1) is 20.8. The van der Waals surface area contributed by atoms with Gasteiger partial charge in [0.2, 0.25) is 0 Å². The van der Waals surface area contributed by atoms with Crippen molar-refractivity contribution in [2.24, 2.45) is 0 Å². The number of sulfonamides is 1. The Morgan fingerprint density at radius 2 is 1.30 bits per heavy atom. The van der Waals surface area contributed by atoms with Gasteiger partial charge in [0.05, 0.1) is 30.5 Å². The summed E-state index contributed by atoms with van der Waals surface area (Å²) in [5, 5.41) is 0. The third-order valence-corrected chi connectivity index (χ3v) is 6.36. The molecule has 0 saturated heterocycles. The monoisotopic (exact) mass is 415 g/mol. The van der Waals surface area contributed by atoms with Crippen LogP contribution in [0.3, 0.4) is 0 Å². The molecular formula is C16H21N3O6S2. The standard InChI is InChI=1S/C16H21N3O6S2/c1-19(2)27(22,23)18-14-11-15(24-3)13(10-16(14)25-4)17-26(20,21)12-8-6-5-7-9-12/h5-11,17-18H,1-4H3. The van der Waals surface area contributed by atoms with E-state index in [1.807, 2.05) is 0 Å². The first-order chi connectivity index (χ1) is 12.6. The summed E-state index contributed by atoms with van der Waals surface area (Å²) >= 11 is 0. The number of benzene rings is 2. The van der Waals surface area contributed by atoms with Crippen LogP contribution in [0.1, 0.15) is 0 Å². The van der Waals surface area contributed by atoms with Gasteiger partial charge in [0.25, 0.3) is 10.0 Å². The van der Waals surface area contributed by atoms with Crippen molar-refractivity contribution in [1.29, 1.82) is 0 Å². The lowest BCUT2D eigenvalue weighted by molar-refractivity contribution is 0.406. The van der Waals surface area contributed by atoms with Crippen molar-refractivity contribution < 1.29 is 26.3 Å². The minimum atomic E-state index is -3.86. The molecule has 9 nitrogen and oxygen atoms in total. The molecule has 0 fully saturated rings. The van der Waals surface area contributed by atoms with E-state index in [9.17, 15) is 16.8 Å². The van der Waals surface area contributed by atoms with Crippen molar-refractivity contribution in [3.05, 3.63) is 42.5 Å². The summed E-state index contributed by atoms with van der Waals surface area (Å²) in [7, 11) is -2.24. The Bertz CT molecular complexity index is 1010. The highest BCUT2D eigenvalue weighted by atomic mass is 32.2. The van der Waals surface area contributed by atoms with E-state index >= 15 is 0 Å². The van der Waals surface area contributed by atoms with E-state index in [4.69, 9.17) is 9.47 Å². The molecule has 0 bridgehead atoms. The molecule has 2 rings (SSSR count). The quantitative estimate of drug-likeness (QED) is 0.679. The summed E-state index contributed by atoms with van der Waals surface area (Å²) in [6, 6.07) is 10.5. The molecule has 0 unspecified atom stereocenters. The highest BCUT2D eigenvalue weighted by molar-refractivity contribution is 7.92. The second kappa shape index (κ2) is 8.03. The third kappa shape index (κ3) is 4.81. The number of rotatable bonds is 8. The van der Waals surface area contributed by atoms with E-state index in [0.717, 1.165) is 4.31 Å². The van der Waals surface area contributed by atoms with Gasteiger partial charge in [-0.25, -0.2) is 8.42 Å². The molecule has 0 spiro atoms. The number of methoxy groups -OCH3 is 2. The maximum absolute atomic E-state index is 12.5. The average Bonchev–Trinajstić information content (AvgIpc) is 2.62. The Labute approximate surface area is 159 Å². The van der Waals surface area contributed by atoms with Crippen LogP contribution in [-0.2, 0) is 20.2 Å². The Kier molecular flexibility index (Phi) is 6.19. The topological polar surface area (TPSA) is 114 Å². The van der Waals surface area contributed by atoms with E-state index in [2.05, 4.69) is 9.44 Å². The number of nitrogens with one attached hydrogen (secondary N) is 2. The van der Waals surface area contributed by atoms with Crippen molar-refractivity contribution >= 4 is 31.6 Å². The Morgan fingerprint density at radius 3 is 1.74 bits per heavy atom. The van der Waals surface area contributed by atoms with E-state index in [0.29, 0.717) is 0 Å². The van der Waals surface area contributed by atoms with Crippen molar-refractivity contribution in [3.8, 4) is 11.5 Å². The predicted octanol–water partition coefficient (Wildman–Crippen LogP) is 1.72. The minimum absolute atomic E-state index is 0.0726. The highest BCUT2D eigenvalue weighted by Crippen LogP contribution is 2.38. The molecule has 148 valence electrons. The van der Waals surface area contributed by atoms with Gasteiger partial charge >= 0.3 is 10.2 Å². The van der Waals surface area contributed by atoms with Gasteiger partial charge in [-0.3, -0.25) is 9.44 Å². The number of hydrogen-bond acceptors (Lipinski definition) is 6. The summed E-state index contributed by atoms with van der Waals surface area (Å²) in [6.07, 6.45) is 0. The van der Waals surface area contributed by atoms with Crippen LogP contribution in [0.2, 0.25) is 0 Å². The zero-order chi connectivity index (χ0) is 20.2. The molecule has 0 aliphatic rings. The van der Waals surface area contributed by atoms with Crippen LogP contribution in [0.4, 0.5) is 11.4 Å². The Hall–Kier alpha value is -2.50. The molecule has 0 atom stereocenters. The first-order valence-electron chi connectivity index (χ1n) is 7.65. The zero-order valence-corrected chi connectivity index (χ0v) is 16.9. The van der Waals surface area contributed by atoms with Gasteiger partial charge in [-0.1, -0.05) is 18.2 Å². The van der Waals surface area contributed by atoms with Gasteiger partial charge in [-0.2, -0.15) is 12.7 Å². The molecular weight excluding hydrogens is 394 g/mol. The number of hydrogen-bond donors (Lipinski definition) is 2. The molecule has 2 aromatic rings. The fourth-order valence-corrected chi connectivity index (χ4v) is 3.79. The summed E-state index contributed by atoms with van der Waals surface area (Å²) in [5.41, 5.74) is 0.205. The van der Waals surface area contributed by atoms with Crippen LogP contribution in [0, 0.1) is 0 Å². The fraction of sp³-hybridized carbons (Fsp3) is 0.250. The molecule has 0 aliphatic carbocycles. The lowest BCUT2D eigenvalue weighted by Crippen LogP contribution is -2.29. The summed E-state index contributed by atoms with van der Waals surface area (Å²) in [4.78, 5) is 0.0726. The molecule has 2 N–H and O–H groups in total. The van der Waals surface area contributed by atoms with E-state index in [1.54, 1.807) is 18.2 Å². The van der Waals surface area contributed by atoms with Gasteiger partial charge in [-0.05, 0) is 12.1 Å². The minimum Gasteiger partial charge on any atom is -0.494 e. The van der Waals surface area contributed by atoms with E-state index in [-0.39, 0.29) is 27.8 Å². The second-order valence-electron chi connectivity index (χ2n) is 5.56. The normalized spacial score (nSPS) is 11.9. The van der Waals surface area contributed by atoms with Gasteiger partial charge in [-0.15, -0.1) is 0 Å². The van der Waals surface area contributed by atoms with Crippen molar-refractivity contribution in [3.63, 3.8) is 0 Å². The number of anilines is 2. The fourth-order valence-electron chi connectivity index (χ4n) is 2.09. The van der Waals surface area contributed by atoms with Crippen molar-refractivity contribution in [2.45, 2.75) is 4.90 Å². The maximum atomic E-state index is 12.5. The molecule has 11 heteroatoms. The summed E-state index contributed by atoms with van der Waals surface area (Å²) < 4.78 is 65.4. The van der Waals surface area contributed by atoms with Gasteiger partial charge in [0.1, 0.15) is 11.5 Å². The largest absolute Gasteiger partial charge is 0.494 e. The van der Waals surface area contributed by atoms with Crippen LogP contribution in [0.25, 0.3) is 0 Å². The lowest BCUT2D eigenvalue weighted by Gasteiger charge is -2.19. The smallest absolute Gasteiger partial charge is 0.301 e. The summed E-state index contributed by atoms with van der Waals surface area (Å²) in [5.74, 6) is 0.235. The molecule has 27 heavy (non-hydrogen) atoms. The van der Waals surface area contributed by atoms with Crippen LogP contribution in [-0.4, -0.2) is 49.5 Å². The molecule has 0 aliphatic heterocycles. The molecule has 0 saturated carbocycles. The highest BCUT2D eigenvalue weighted by Gasteiger charge is 2.21. The Balaban J connectivity index is 2.47. The van der Waals surface area contributed by atoms with Crippen LogP contribution < -0.4 is 18.9 Å². The average molecular weight is 415 g/mol. The molecule has 0 heterocycles. The summed E-state index contributed by atoms with van der Waals surface area (Å²) in [6.45, 7) is 0. The second-order valence-corrected chi connectivity index (χ2v) is 9.13. The number of nitrogens with zero attached hydrogens (tertiary/aromatic N) is 1. The third-order valence-electron chi connectivity index (χ3n) is 3.54. The van der Waals surface area contributed by atoms with Crippen LogP contribution >= 0.6 is 0 Å². The Morgan fingerprint density at radius 1 is 0.815 bits per heavy atom. The lowest BCUT2D eigenvalue weighted by atomic mass is 10.2. The maximum Gasteiger partial charge on any atom is 0.301 e. The SMILES string of the molecule is COc1cc(NS(=O)(=O)N(C)C)c(OC)cc1NS(=O)(=O)c1ccccc1. The first-order valence-corrected chi connectivity index (χ1v) is 10.6. The molecule has 2 aromatic carbocycles. The van der Waals surface area contributed by atoms with Crippen molar-refractivity contribution in [1.82, 2.24) is 4.31 Å². The molecule has 0 radical (unpaired) electrons. The molecule has 0 aromatic heterocycles. The van der Waals surface area contributed by atoms with Gasteiger partial charge in [0.15, 0.2) is 0 Å². The number of ether oxygens (including phenoxy) is 2.